The molecule has 1 saturated heterocycles. The van der Waals surface area contributed by atoms with E-state index in [4.69, 9.17) is 5.11 Å². The van der Waals surface area contributed by atoms with Gasteiger partial charge >= 0.3 is 5.97 Å². The number of carboxylic acids is 1. The van der Waals surface area contributed by atoms with Crippen molar-refractivity contribution in [2.45, 2.75) is 26.4 Å². The molecule has 0 amide bonds. The van der Waals surface area contributed by atoms with Crippen molar-refractivity contribution in [2.24, 2.45) is 5.92 Å². The second-order valence-corrected chi connectivity index (χ2v) is 5.85. The van der Waals surface area contributed by atoms with Gasteiger partial charge in [-0.3, -0.25) is 9.78 Å². The summed E-state index contributed by atoms with van der Waals surface area (Å²) in [4.78, 5) is 17.9. The van der Waals surface area contributed by atoms with Crippen LogP contribution in [-0.2, 0) is 11.4 Å². The number of piperidine rings is 1. The fourth-order valence-corrected chi connectivity index (χ4v) is 3.20. The van der Waals surface area contributed by atoms with E-state index in [1.54, 1.807) is 0 Å². The summed E-state index contributed by atoms with van der Waals surface area (Å²) in [5, 5.41) is 19.6. The van der Waals surface area contributed by atoms with E-state index in [1.165, 1.54) is 0 Å². The molecule has 116 valence electrons. The second kappa shape index (κ2) is 5.93. The summed E-state index contributed by atoms with van der Waals surface area (Å²) in [7, 11) is 0. The fourth-order valence-electron chi connectivity index (χ4n) is 3.20. The van der Waals surface area contributed by atoms with Crippen molar-refractivity contribution >= 4 is 22.6 Å². The summed E-state index contributed by atoms with van der Waals surface area (Å²) in [6.07, 6.45) is 1.31. The quantitative estimate of drug-likeness (QED) is 0.910. The van der Waals surface area contributed by atoms with Gasteiger partial charge in [-0.05, 0) is 37.5 Å². The minimum Gasteiger partial charge on any atom is -0.481 e. The van der Waals surface area contributed by atoms with Crippen LogP contribution in [0.1, 0.15) is 24.1 Å². The Labute approximate surface area is 129 Å². The first-order valence-electron chi connectivity index (χ1n) is 7.58. The molecule has 0 atom stereocenters. The van der Waals surface area contributed by atoms with E-state index in [9.17, 15) is 9.90 Å². The second-order valence-electron chi connectivity index (χ2n) is 5.85. The zero-order valence-corrected chi connectivity index (χ0v) is 12.6. The Morgan fingerprint density at radius 3 is 2.73 bits per heavy atom. The summed E-state index contributed by atoms with van der Waals surface area (Å²) in [5.74, 6) is -0.942. The van der Waals surface area contributed by atoms with E-state index in [1.807, 2.05) is 31.2 Å². The molecule has 2 N–H and O–H groups in total. The number of aliphatic hydroxyl groups is 1. The van der Waals surface area contributed by atoms with E-state index < -0.39 is 5.97 Å². The number of aryl methyl sites for hydroxylation is 1. The Kier molecular flexibility index (Phi) is 3.98. The number of benzene rings is 1. The molecule has 0 radical (unpaired) electrons. The minimum atomic E-state index is -0.700. The Hall–Kier alpha value is -2.14. The van der Waals surface area contributed by atoms with E-state index >= 15 is 0 Å². The number of aromatic nitrogens is 1. The van der Waals surface area contributed by atoms with Gasteiger partial charge < -0.3 is 15.1 Å². The minimum absolute atomic E-state index is 0.00952. The van der Waals surface area contributed by atoms with E-state index in [0.29, 0.717) is 12.8 Å². The Balaban J connectivity index is 1.98. The SMILES string of the molecule is Cc1cc(CO)c2cccc(N3CCC(C(=O)O)CC3)c2n1. The molecule has 1 aliphatic heterocycles. The highest BCUT2D eigenvalue weighted by Gasteiger charge is 2.25. The maximum absolute atomic E-state index is 11.1. The molecule has 0 aliphatic carbocycles. The van der Waals surface area contributed by atoms with Crippen LogP contribution < -0.4 is 4.90 Å². The highest BCUT2D eigenvalue weighted by atomic mass is 16.4. The lowest BCUT2D eigenvalue weighted by molar-refractivity contribution is -0.142. The first-order valence-corrected chi connectivity index (χ1v) is 7.58. The number of pyridine rings is 1. The molecule has 3 rings (SSSR count). The predicted octanol–water partition coefficient (Wildman–Crippen LogP) is 2.34. The Morgan fingerprint density at radius 1 is 1.36 bits per heavy atom. The van der Waals surface area contributed by atoms with Crippen LogP contribution in [-0.4, -0.2) is 34.3 Å². The molecule has 22 heavy (non-hydrogen) atoms. The number of nitrogens with zero attached hydrogens (tertiary/aromatic N) is 2. The number of para-hydroxylation sites is 1. The average Bonchev–Trinajstić information content (AvgIpc) is 2.53. The number of aliphatic hydroxyl groups excluding tert-OH is 1. The van der Waals surface area contributed by atoms with Gasteiger partial charge in [0, 0.05) is 24.2 Å². The Morgan fingerprint density at radius 2 is 2.09 bits per heavy atom. The summed E-state index contributed by atoms with van der Waals surface area (Å²) in [6.45, 7) is 3.36. The van der Waals surface area contributed by atoms with E-state index in [-0.39, 0.29) is 12.5 Å². The number of hydrogen-bond donors (Lipinski definition) is 2. The van der Waals surface area contributed by atoms with Crippen LogP contribution in [0.3, 0.4) is 0 Å². The van der Waals surface area contributed by atoms with Gasteiger partial charge in [-0.25, -0.2) is 0 Å². The number of rotatable bonds is 3. The number of carboxylic acid groups (broad SMARTS) is 1. The normalized spacial score (nSPS) is 16.2. The monoisotopic (exact) mass is 300 g/mol. The fraction of sp³-hybridized carbons (Fsp3) is 0.412. The number of aliphatic carboxylic acids is 1. The molecule has 0 saturated carbocycles. The van der Waals surface area contributed by atoms with Crippen molar-refractivity contribution in [1.29, 1.82) is 0 Å². The van der Waals surface area contributed by atoms with Gasteiger partial charge in [-0.2, -0.15) is 0 Å². The predicted molar refractivity (Wildman–Crippen MR) is 85.0 cm³/mol. The van der Waals surface area contributed by atoms with Crippen LogP contribution in [0.2, 0.25) is 0 Å². The molecule has 2 aromatic rings. The average molecular weight is 300 g/mol. The third-order valence-electron chi connectivity index (χ3n) is 4.39. The molecule has 1 aliphatic rings. The van der Waals surface area contributed by atoms with Gasteiger partial charge in [0.1, 0.15) is 0 Å². The van der Waals surface area contributed by atoms with Crippen molar-refractivity contribution < 1.29 is 15.0 Å². The number of hydrogen-bond acceptors (Lipinski definition) is 4. The molecular weight excluding hydrogens is 280 g/mol. The molecule has 1 aromatic carbocycles. The third-order valence-corrected chi connectivity index (χ3v) is 4.39. The van der Waals surface area contributed by atoms with E-state index in [2.05, 4.69) is 9.88 Å². The van der Waals surface area contributed by atoms with Crippen LogP contribution in [0.15, 0.2) is 24.3 Å². The lowest BCUT2D eigenvalue weighted by Gasteiger charge is -2.32. The van der Waals surface area contributed by atoms with Crippen molar-refractivity contribution in [3.8, 4) is 0 Å². The molecule has 0 unspecified atom stereocenters. The molecular formula is C17H20N2O3. The molecule has 0 spiro atoms. The van der Waals surface area contributed by atoms with Crippen LogP contribution in [0.5, 0.6) is 0 Å². The summed E-state index contributed by atoms with van der Waals surface area (Å²) < 4.78 is 0. The van der Waals surface area contributed by atoms with E-state index in [0.717, 1.165) is 40.9 Å². The number of anilines is 1. The van der Waals surface area contributed by atoms with Crippen molar-refractivity contribution in [2.75, 3.05) is 18.0 Å². The smallest absolute Gasteiger partial charge is 0.306 e. The van der Waals surface area contributed by atoms with Crippen LogP contribution >= 0.6 is 0 Å². The maximum atomic E-state index is 11.1. The lowest BCUT2D eigenvalue weighted by atomic mass is 9.96. The molecule has 2 heterocycles. The van der Waals surface area contributed by atoms with Gasteiger partial charge in [0.15, 0.2) is 0 Å². The molecule has 0 bridgehead atoms. The van der Waals surface area contributed by atoms with Gasteiger partial charge in [0.25, 0.3) is 0 Å². The first kappa shape index (κ1) is 14.8. The number of fused-ring (bicyclic) bond motifs is 1. The van der Waals surface area contributed by atoms with Gasteiger partial charge in [0.2, 0.25) is 0 Å². The molecule has 5 nitrogen and oxygen atoms in total. The highest BCUT2D eigenvalue weighted by molar-refractivity contribution is 5.93. The highest BCUT2D eigenvalue weighted by Crippen LogP contribution is 2.31. The van der Waals surface area contributed by atoms with Crippen molar-refractivity contribution in [3.63, 3.8) is 0 Å². The van der Waals surface area contributed by atoms with Crippen LogP contribution in [0.25, 0.3) is 10.9 Å². The zero-order chi connectivity index (χ0) is 15.7. The van der Waals surface area contributed by atoms with Crippen molar-refractivity contribution in [3.05, 3.63) is 35.5 Å². The summed E-state index contributed by atoms with van der Waals surface area (Å²) in [5.41, 5.74) is 3.68. The molecule has 1 fully saturated rings. The van der Waals surface area contributed by atoms with Gasteiger partial charge in [0.05, 0.1) is 23.7 Å². The van der Waals surface area contributed by atoms with Crippen LogP contribution in [0, 0.1) is 12.8 Å². The van der Waals surface area contributed by atoms with Gasteiger partial charge in [-0.15, -0.1) is 0 Å². The zero-order valence-electron chi connectivity index (χ0n) is 12.6. The van der Waals surface area contributed by atoms with Gasteiger partial charge in [-0.1, -0.05) is 12.1 Å². The largest absolute Gasteiger partial charge is 0.481 e. The van der Waals surface area contributed by atoms with Crippen LogP contribution in [0.4, 0.5) is 5.69 Å². The number of carbonyl (C=O) groups is 1. The summed E-state index contributed by atoms with van der Waals surface area (Å²) in [6, 6.07) is 7.87. The Bertz CT molecular complexity index is 706. The molecule has 5 heteroatoms. The third kappa shape index (κ3) is 2.64. The standard InChI is InChI=1S/C17H20N2O3/c1-11-9-13(10-20)14-3-2-4-15(16(14)18-11)19-7-5-12(6-8-19)17(21)22/h2-4,9,12,20H,5-8,10H2,1H3,(H,21,22). The van der Waals surface area contributed by atoms with Crippen molar-refractivity contribution in [1.82, 2.24) is 4.98 Å². The first-order chi connectivity index (χ1) is 10.6. The topological polar surface area (TPSA) is 73.7 Å². The summed E-state index contributed by atoms with van der Waals surface area (Å²) >= 11 is 0. The maximum Gasteiger partial charge on any atom is 0.306 e. The lowest BCUT2D eigenvalue weighted by Crippen LogP contribution is -2.36. The molecule has 1 aromatic heterocycles.